The molecule has 0 amide bonds. The van der Waals surface area contributed by atoms with Gasteiger partial charge in [-0.3, -0.25) is 9.98 Å². The minimum atomic E-state index is 0.0232. The largest absolute Gasteiger partial charge is 0.378 e. The van der Waals surface area contributed by atoms with E-state index >= 15 is 0 Å². The maximum Gasteiger partial charge on any atom is 0.0458 e. The summed E-state index contributed by atoms with van der Waals surface area (Å²) in [5, 5.41) is 0. The van der Waals surface area contributed by atoms with Gasteiger partial charge in [-0.25, -0.2) is 0 Å². The van der Waals surface area contributed by atoms with Crippen LogP contribution in [-0.2, 0) is 0 Å². The first kappa shape index (κ1) is 24.1. The molecule has 0 fully saturated rings. The first-order valence-corrected chi connectivity index (χ1v) is 10.6. The molecular formula is C27H36N4. The Bertz CT molecular complexity index is 824. The van der Waals surface area contributed by atoms with Gasteiger partial charge < -0.3 is 9.80 Å². The van der Waals surface area contributed by atoms with Crippen LogP contribution in [0.3, 0.4) is 0 Å². The Kier molecular flexibility index (Phi) is 9.26. The molecule has 0 aromatic heterocycles. The van der Waals surface area contributed by atoms with E-state index in [2.05, 4.69) is 94.3 Å². The third kappa shape index (κ3) is 9.04. The van der Waals surface area contributed by atoms with Gasteiger partial charge in [0.1, 0.15) is 0 Å². The highest BCUT2D eigenvalue weighted by molar-refractivity contribution is 5.79. The van der Waals surface area contributed by atoms with Crippen molar-refractivity contribution in [3.63, 3.8) is 0 Å². The monoisotopic (exact) mass is 416 g/mol. The Morgan fingerprint density at radius 2 is 1.00 bits per heavy atom. The van der Waals surface area contributed by atoms with E-state index in [0.717, 1.165) is 13.1 Å². The molecule has 0 bridgehead atoms. The Morgan fingerprint density at radius 3 is 1.32 bits per heavy atom. The molecule has 31 heavy (non-hydrogen) atoms. The zero-order valence-electron chi connectivity index (χ0n) is 19.8. The third-order valence-electron chi connectivity index (χ3n) is 4.82. The molecule has 0 saturated carbocycles. The summed E-state index contributed by atoms with van der Waals surface area (Å²) < 4.78 is 0. The van der Waals surface area contributed by atoms with Gasteiger partial charge in [-0.15, -0.1) is 0 Å². The fraction of sp³-hybridized carbons (Fsp3) is 0.333. The van der Waals surface area contributed by atoms with E-state index in [1.165, 1.54) is 22.5 Å². The summed E-state index contributed by atoms with van der Waals surface area (Å²) in [7, 11) is 8.18. The van der Waals surface area contributed by atoms with Crippen LogP contribution in [0.25, 0.3) is 12.2 Å². The smallest absolute Gasteiger partial charge is 0.0458 e. The highest BCUT2D eigenvalue weighted by atomic mass is 15.1. The number of hydrogen-bond acceptors (Lipinski definition) is 4. The van der Waals surface area contributed by atoms with Gasteiger partial charge in [0.05, 0.1) is 0 Å². The highest BCUT2D eigenvalue weighted by Gasteiger charge is 2.15. The van der Waals surface area contributed by atoms with Crippen LogP contribution in [0.5, 0.6) is 0 Å². The molecule has 0 unspecified atom stereocenters. The fourth-order valence-corrected chi connectivity index (χ4v) is 2.85. The molecule has 0 saturated heterocycles. The van der Waals surface area contributed by atoms with Gasteiger partial charge in [-0.05, 0) is 47.5 Å². The second-order valence-electron chi connectivity index (χ2n) is 8.83. The lowest BCUT2D eigenvalue weighted by atomic mass is 9.94. The molecule has 0 heterocycles. The summed E-state index contributed by atoms with van der Waals surface area (Å²) in [6, 6.07) is 16.9. The molecule has 164 valence electrons. The quantitative estimate of drug-likeness (QED) is 0.464. The van der Waals surface area contributed by atoms with Gasteiger partial charge in [-0.2, -0.15) is 0 Å². The molecule has 4 heteroatoms. The van der Waals surface area contributed by atoms with Crippen LogP contribution in [-0.4, -0.2) is 53.7 Å². The zero-order valence-corrected chi connectivity index (χ0v) is 19.8. The Hall–Kier alpha value is -3.14. The topological polar surface area (TPSA) is 31.2 Å². The van der Waals surface area contributed by atoms with Gasteiger partial charge >= 0.3 is 0 Å². The van der Waals surface area contributed by atoms with Crippen molar-refractivity contribution in [1.29, 1.82) is 0 Å². The number of hydrogen-bond donors (Lipinski definition) is 0. The minimum Gasteiger partial charge on any atom is -0.378 e. The van der Waals surface area contributed by atoms with Gasteiger partial charge in [0.2, 0.25) is 0 Å². The van der Waals surface area contributed by atoms with Gasteiger partial charge in [0.25, 0.3) is 0 Å². The lowest BCUT2D eigenvalue weighted by Crippen LogP contribution is -2.19. The minimum absolute atomic E-state index is 0.0232. The Labute approximate surface area is 188 Å². The molecule has 4 nitrogen and oxygen atoms in total. The van der Waals surface area contributed by atoms with Crippen molar-refractivity contribution in [1.82, 2.24) is 0 Å². The standard InChI is InChI=1S/C27H36N4/c1-27(2,21-28-19-7-9-23-11-15-25(16-12-23)30(3)4)22-29-20-8-10-24-13-17-26(18-14-24)31(5)6/h7-20H,21-22H2,1-6H3/b9-7+,10-8+,28-19?,29-20?. The van der Waals surface area contributed by atoms with E-state index in [1.807, 2.05) is 52.8 Å². The summed E-state index contributed by atoms with van der Waals surface area (Å²) >= 11 is 0. The van der Waals surface area contributed by atoms with E-state index in [-0.39, 0.29) is 5.41 Å². The first-order chi connectivity index (χ1) is 14.8. The summed E-state index contributed by atoms with van der Waals surface area (Å²) in [4.78, 5) is 13.3. The zero-order chi connectivity index (χ0) is 22.7. The summed E-state index contributed by atoms with van der Waals surface area (Å²) in [5.41, 5.74) is 4.76. The van der Waals surface area contributed by atoms with Gasteiger partial charge in [0, 0.05) is 70.5 Å². The molecular weight excluding hydrogens is 380 g/mol. The average Bonchev–Trinajstić information content (AvgIpc) is 2.74. The SMILES string of the molecule is CN(C)c1ccc(/C=C/C=NCC(C)(C)CN=C/C=C/c2ccc(N(C)C)cc2)cc1. The van der Waals surface area contributed by atoms with Crippen molar-refractivity contribution >= 4 is 36.0 Å². The summed E-state index contributed by atoms with van der Waals surface area (Å²) in [5.74, 6) is 0. The number of nitrogens with zero attached hydrogens (tertiary/aromatic N) is 4. The van der Waals surface area contributed by atoms with Crippen molar-refractivity contribution in [2.45, 2.75) is 13.8 Å². The van der Waals surface area contributed by atoms with Crippen LogP contribution in [0.15, 0.2) is 70.7 Å². The summed E-state index contributed by atoms with van der Waals surface area (Å²) in [6.07, 6.45) is 11.9. The normalized spacial score (nSPS) is 12.6. The molecule has 0 radical (unpaired) electrons. The second kappa shape index (κ2) is 11.9. The second-order valence-corrected chi connectivity index (χ2v) is 8.83. The van der Waals surface area contributed by atoms with Crippen LogP contribution in [0, 0.1) is 5.41 Å². The van der Waals surface area contributed by atoms with Crippen LogP contribution in [0.2, 0.25) is 0 Å². The molecule has 0 N–H and O–H groups in total. The lowest BCUT2D eigenvalue weighted by molar-refractivity contribution is 0.396. The third-order valence-corrected chi connectivity index (χ3v) is 4.82. The number of allylic oxidation sites excluding steroid dienone is 2. The average molecular weight is 417 g/mol. The summed E-state index contributed by atoms with van der Waals surface area (Å²) in [6.45, 7) is 5.86. The molecule has 2 aromatic carbocycles. The van der Waals surface area contributed by atoms with E-state index < -0.39 is 0 Å². The van der Waals surface area contributed by atoms with Crippen molar-refractivity contribution < 1.29 is 0 Å². The number of rotatable bonds is 10. The molecule has 2 rings (SSSR count). The molecule has 0 aliphatic heterocycles. The van der Waals surface area contributed by atoms with Crippen LogP contribution < -0.4 is 9.80 Å². The van der Waals surface area contributed by atoms with E-state index in [1.54, 1.807) is 0 Å². The first-order valence-electron chi connectivity index (χ1n) is 10.6. The molecule has 0 aliphatic rings. The van der Waals surface area contributed by atoms with Crippen molar-refractivity contribution in [2.75, 3.05) is 51.1 Å². The predicted octanol–water partition coefficient (Wildman–Crippen LogP) is 5.71. The lowest BCUT2D eigenvalue weighted by Gasteiger charge is -2.18. The number of benzene rings is 2. The van der Waals surface area contributed by atoms with Gasteiger partial charge in [0.15, 0.2) is 0 Å². The molecule has 0 spiro atoms. The fourth-order valence-electron chi connectivity index (χ4n) is 2.85. The van der Waals surface area contributed by atoms with E-state index in [0.29, 0.717) is 0 Å². The number of aliphatic imine (C=N–C) groups is 2. The Morgan fingerprint density at radius 1 is 0.645 bits per heavy atom. The molecule has 2 aromatic rings. The van der Waals surface area contributed by atoms with E-state index in [9.17, 15) is 0 Å². The van der Waals surface area contributed by atoms with Crippen molar-refractivity contribution in [3.05, 3.63) is 71.8 Å². The number of anilines is 2. The maximum absolute atomic E-state index is 4.56. The van der Waals surface area contributed by atoms with Crippen molar-refractivity contribution in [3.8, 4) is 0 Å². The Balaban J connectivity index is 1.76. The molecule has 0 atom stereocenters. The van der Waals surface area contributed by atoms with Crippen molar-refractivity contribution in [2.24, 2.45) is 15.4 Å². The van der Waals surface area contributed by atoms with Crippen LogP contribution >= 0.6 is 0 Å². The van der Waals surface area contributed by atoms with Crippen LogP contribution in [0.1, 0.15) is 25.0 Å². The highest BCUT2D eigenvalue weighted by Crippen LogP contribution is 2.16. The molecule has 0 aliphatic carbocycles. The predicted molar refractivity (Wildman–Crippen MR) is 140 cm³/mol. The van der Waals surface area contributed by atoms with Gasteiger partial charge in [-0.1, -0.05) is 50.3 Å². The van der Waals surface area contributed by atoms with Crippen LogP contribution in [0.4, 0.5) is 11.4 Å². The van der Waals surface area contributed by atoms with E-state index in [4.69, 9.17) is 0 Å². The maximum atomic E-state index is 4.56.